The Balaban J connectivity index is 1.19. The average molecular weight is 568 g/mol. The minimum Gasteiger partial charge on any atom is -0.457 e. The molecule has 1 amide bonds. The zero-order valence-corrected chi connectivity index (χ0v) is 23.5. The molecule has 0 bridgehead atoms. The third-order valence-electron chi connectivity index (χ3n) is 7.30. The average Bonchev–Trinajstić information content (AvgIpc) is 3.36. The van der Waals surface area contributed by atoms with Gasteiger partial charge in [-0.05, 0) is 68.0 Å². The van der Waals surface area contributed by atoms with Gasteiger partial charge < -0.3 is 19.9 Å². The van der Waals surface area contributed by atoms with E-state index in [0.29, 0.717) is 42.2 Å². The summed E-state index contributed by atoms with van der Waals surface area (Å²) >= 11 is 0. The summed E-state index contributed by atoms with van der Waals surface area (Å²) in [5.41, 5.74) is 4.83. The number of aromatic nitrogens is 6. The molecule has 1 aliphatic rings. The fourth-order valence-electron chi connectivity index (χ4n) is 5.12. The van der Waals surface area contributed by atoms with Crippen molar-refractivity contribution in [2.45, 2.75) is 19.9 Å². The van der Waals surface area contributed by atoms with Gasteiger partial charge in [0.05, 0.1) is 11.0 Å². The van der Waals surface area contributed by atoms with Crippen molar-refractivity contribution in [3.63, 3.8) is 0 Å². The lowest BCUT2D eigenvalue weighted by Crippen LogP contribution is -2.54. The number of alkyl halides is 1. The number of hydrogen-bond acceptors (Lipinski definition) is 9. The highest BCUT2D eigenvalue weighted by molar-refractivity contribution is 5.89. The second-order valence-corrected chi connectivity index (χ2v) is 10.2. The molecule has 42 heavy (non-hydrogen) atoms. The lowest BCUT2D eigenvalue weighted by atomic mass is 10.1. The van der Waals surface area contributed by atoms with Gasteiger partial charge in [-0.15, -0.1) is 5.10 Å². The number of nitrogens with one attached hydrogen (secondary N) is 1. The number of aryl methyl sites for hydroxylation is 2. The number of allylic oxidation sites excluding steroid dienone is 1. The van der Waals surface area contributed by atoms with E-state index in [0.717, 1.165) is 33.9 Å². The van der Waals surface area contributed by atoms with Crippen LogP contribution in [0.25, 0.3) is 22.1 Å². The standard InChI is InChI=1S/C30H30FN9O2/c1-19-15-21(6-10-26(19)42-22-7-9-25-24(16-22)36-37-38(25)3)34-30-29-23(32-18-33-30)8-11-27(35-29)39-13-14-40(20(2)17-39)28(41)5-4-12-31/h4-11,15-16,18,20H,12-14,17H2,1-3H3,(H,32,33,34)/b5-4+/t20-/m1/s1. The summed E-state index contributed by atoms with van der Waals surface area (Å²) in [7, 11) is 1.85. The maximum absolute atomic E-state index is 12.5. The summed E-state index contributed by atoms with van der Waals surface area (Å²) in [5, 5.41) is 11.6. The fourth-order valence-corrected chi connectivity index (χ4v) is 5.12. The number of ether oxygens (including phenoxy) is 1. The number of fused-ring (bicyclic) bond motifs is 2. The van der Waals surface area contributed by atoms with Gasteiger partial charge in [0.15, 0.2) is 5.82 Å². The van der Waals surface area contributed by atoms with Crippen molar-refractivity contribution in [3.05, 3.63) is 72.6 Å². The van der Waals surface area contributed by atoms with Gasteiger partial charge in [-0.2, -0.15) is 0 Å². The van der Waals surface area contributed by atoms with Crippen molar-refractivity contribution in [1.29, 1.82) is 0 Å². The second-order valence-electron chi connectivity index (χ2n) is 10.2. The number of halogens is 1. The van der Waals surface area contributed by atoms with Gasteiger partial charge in [0.2, 0.25) is 5.91 Å². The van der Waals surface area contributed by atoms with E-state index >= 15 is 0 Å². The van der Waals surface area contributed by atoms with Crippen LogP contribution in [0.1, 0.15) is 12.5 Å². The number of hydrogen-bond donors (Lipinski definition) is 1. The molecule has 0 radical (unpaired) electrons. The second kappa shape index (κ2) is 11.4. The normalized spacial score (nSPS) is 15.6. The molecule has 0 saturated carbocycles. The summed E-state index contributed by atoms with van der Waals surface area (Å²) in [6.45, 7) is 5.04. The van der Waals surface area contributed by atoms with Gasteiger partial charge in [0, 0.05) is 50.6 Å². The Morgan fingerprint density at radius 1 is 1.12 bits per heavy atom. The van der Waals surface area contributed by atoms with E-state index in [4.69, 9.17) is 9.72 Å². The van der Waals surface area contributed by atoms with Crippen LogP contribution in [-0.4, -0.2) is 73.1 Å². The molecular weight excluding hydrogens is 537 g/mol. The molecule has 12 heteroatoms. The third kappa shape index (κ3) is 5.42. The van der Waals surface area contributed by atoms with Crippen LogP contribution in [-0.2, 0) is 11.8 Å². The Hall–Kier alpha value is -5.13. The topological polar surface area (TPSA) is 114 Å². The van der Waals surface area contributed by atoms with E-state index in [-0.39, 0.29) is 11.9 Å². The van der Waals surface area contributed by atoms with Crippen LogP contribution < -0.4 is 15.0 Å². The Labute approximate surface area is 241 Å². The fraction of sp³-hybridized carbons (Fsp3) is 0.267. The summed E-state index contributed by atoms with van der Waals surface area (Å²) in [6, 6.07) is 15.3. The predicted molar refractivity (Wildman–Crippen MR) is 159 cm³/mol. The maximum atomic E-state index is 12.5. The maximum Gasteiger partial charge on any atom is 0.246 e. The Kier molecular flexibility index (Phi) is 7.34. The van der Waals surface area contributed by atoms with Crippen molar-refractivity contribution >= 4 is 45.3 Å². The van der Waals surface area contributed by atoms with Gasteiger partial charge in [0.1, 0.15) is 41.4 Å². The molecule has 2 aromatic carbocycles. The van der Waals surface area contributed by atoms with E-state index in [9.17, 15) is 9.18 Å². The molecule has 4 heterocycles. The van der Waals surface area contributed by atoms with Crippen LogP contribution in [0.3, 0.4) is 0 Å². The lowest BCUT2D eigenvalue weighted by molar-refractivity contribution is -0.128. The first kappa shape index (κ1) is 27.1. The first-order chi connectivity index (χ1) is 20.4. The number of piperazine rings is 1. The van der Waals surface area contributed by atoms with Gasteiger partial charge >= 0.3 is 0 Å². The van der Waals surface area contributed by atoms with E-state index in [1.54, 1.807) is 9.58 Å². The highest BCUT2D eigenvalue weighted by Gasteiger charge is 2.27. The van der Waals surface area contributed by atoms with Gasteiger partial charge in [-0.1, -0.05) is 5.21 Å². The quantitative estimate of drug-likeness (QED) is 0.279. The van der Waals surface area contributed by atoms with Gasteiger partial charge in [0.25, 0.3) is 0 Å². The van der Waals surface area contributed by atoms with E-state index in [2.05, 4.69) is 30.5 Å². The van der Waals surface area contributed by atoms with Gasteiger partial charge in [-0.25, -0.2) is 24.0 Å². The summed E-state index contributed by atoms with van der Waals surface area (Å²) in [4.78, 5) is 30.1. The zero-order valence-electron chi connectivity index (χ0n) is 23.5. The first-order valence-corrected chi connectivity index (χ1v) is 13.6. The molecule has 1 atom stereocenters. The van der Waals surface area contributed by atoms with E-state index in [1.165, 1.54) is 18.5 Å². The molecule has 1 aliphatic heterocycles. The zero-order chi connectivity index (χ0) is 29.2. The summed E-state index contributed by atoms with van der Waals surface area (Å²) < 4.78 is 20.3. The van der Waals surface area contributed by atoms with Crippen molar-refractivity contribution in [3.8, 4) is 11.5 Å². The third-order valence-corrected chi connectivity index (χ3v) is 7.30. The van der Waals surface area contributed by atoms with Crippen molar-refractivity contribution in [1.82, 2.24) is 34.8 Å². The monoisotopic (exact) mass is 567 g/mol. The largest absolute Gasteiger partial charge is 0.457 e. The van der Waals surface area contributed by atoms with Crippen molar-refractivity contribution in [2.24, 2.45) is 7.05 Å². The molecule has 11 nitrogen and oxygen atoms in total. The van der Waals surface area contributed by atoms with Crippen LogP contribution in [0, 0.1) is 6.92 Å². The first-order valence-electron chi connectivity index (χ1n) is 13.6. The molecule has 1 N–H and O–H groups in total. The molecule has 3 aromatic heterocycles. The number of anilines is 3. The van der Waals surface area contributed by atoms with Crippen LogP contribution in [0.15, 0.2) is 67.0 Å². The van der Waals surface area contributed by atoms with Crippen LogP contribution >= 0.6 is 0 Å². The number of rotatable bonds is 7. The number of pyridine rings is 1. The van der Waals surface area contributed by atoms with Gasteiger partial charge in [-0.3, -0.25) is 4.79 Å². The Bertz CT molecular complexity index is 1810. The van der Waals surface area contributed by atoms with Crippen LogP contribution in [0.5, 0.6) is 11.5 Å². The predicted octanol–water partition coefficient (Wildman–Crippen LogP) is 4.71. The molecule has 1 fully saturated rings. The molecular formula is C30H30FN9O2. The molecule has 0 spiro atoms. The SMILES string of the molecule is Cc1cc(Nc2ncnc3ccc(N4CCN(C(=O)/C=C/CF)[C@H](C)C4)nc23)ccc1Oc1ccc2c(c1)nnn2C. The molecule has 0 unspecified atom stereocenters. The minimum atomic E-state index is -0.654. The molecule has 1 saturated heterocycles. The smallest absolute Gasteiger partial charge is 0.246 e. The van der Waals surface area contributed by atoms with E-state index in [1.807, 2.05) is 69.4 Å². The molecule has 0 aliphatic carbocycles. The van der Waals surface area contributed by atoms with Crippen molar-refractivity contribution < 1.29 is 13.9 Å². The number of nitrogens with zero attached hydrogens (tertiary/aromatic N) is 8. The van der Waals surface area contributed by atoms with Crippen LogP contribution in [0.2, 0.25) is 0 Å². The molecule has 6 rings (SSSR count). The minimum absolute atomic E-state index is 0.0520. The Morgan fingerprint density at radius 2 is 2.00 bits per heavy atom. The number of carbonyl (C=O) groups is 1. The number of carbonyl (C=O) groups excluding carboxylic acids is 1. The Morgan fingerprint density at radius 3 is 2.81 bits per heavy atom. The molecule has 214 valence electrons. The highest BCUT2D eigenvalue weighted by Crippen LogP contribution is 2.31. The van der Waals surface area contributed by atoms with Crippen LogP contribution in [0.4, 0.5) is 21.7 Å². The van der Waals surface area contributed by atoms with Crippen molar-refractivity contribution in [2.75, 3.05) is 36.5 Å². The molecule has 5 aromatic rings. The summed E-state index contributed by atoms with van der Waals surface area (Å²) in [6.07, 6.45) is 4.05. The lowest BCUT2D eigenvalue weighted by Gasteiger charge is -2.40. The van der Waals surface area contributed by atoms with E-state index < -0.39 is 6.67 Å². The highest BCUT2D eigenvalue weighted by atomic mass is 19.1. The number of benzene rings is 2. The summed E-state index contributed by atoms with van der Waals surface area (Å²) in [5.74, 6) is 2.59. The number of amides is 1.